The number of nitrogens with one attached hydrogen (secondary N) is 2. The zero-order valence-electron chi connectivity index (χ0n) is 17.6. The molecule has 0 aliphatic carbocycles. The molecule has 4 rings (SSSR count). The molecule has 0 spiro atoms. The van der Waals surface area contributed by atoms with Crippen LogP contribution in [0.3, 0.4) is 0 Å². The Morgan fingerprint density at radius 3 is 2.48 bits per heavy atom. The summed E-state index contributed by atoms with van der Waals surface area (Å²) in [4.78, 5) is 35.1. The molecule has 31 heavy (non-hydrogen) atoms. The number of benzene rings is 2. The lowest BCUT2D eigenvalue weighted by Gasteiger charge is -2.18. The lowest BCUT2D eigenvalue weighted by atomic mass is 10.1. The van der Waals surface area contributed by atoms with E-state index in [2.05, 4.69) is 46.5 Å². The van der Waals surface area contributed by atoms with E-state index in [1.165, 1.54) is 11.8 Å². The molecule has 156 valence electrons. The Hall–Kier alpha value is -3.93. The van der Waals surface area contributed by atoms with Crippen molar-refractivity contribution in [3.63, 3.8) is 0 Å². The smallest absolute Gasteiger partial charge is 0.257 e. The Bertz CT molecular complexity index is 1260. The molecule has 0 atom stereocenters. The molecule has 0 saturated heterocycles. The molecule has 0 radical (unpaired) electrons. The highest BCUT2D eigenvalue weighted by atomic mass is 16.2. The van der Waals surface area contributed by atoms with Crippen LogP contribution in [0.4, 0.5) is 5.82 Å². The number of aryl methyl sites for hydroxylation is 1. The van der Waals surface area contributed by atoms with Crippen molar-refractivity contribution in [2.24, 2.45) is 0 Å². The zero-order valence-corrected chi connectivity index (χ0v) is 17.6. The summed E-state index contributed by atoms with van der Waals surface area (Å²) < 4.78 is 0. The lowest BCUT2D eigenvalue weighted by Crippen LogP contribution is -2.29. The molecule has 1 amide bonds. The number of hydrogen-bond acceptors (Lipinski definition) is 4. The molecule has 0 aliphatic rings. The zero-order chi connectivity index (χ0) is 21.8. The first-order valence-corrected chi connectivity index (χ1v) is 10.1. The molecule has 2 aromatic carbocycles. The number of carbonyl (C=O) groups is 1. The summed E-state index contributed by atoms with van der Waals surface area (Å²) in [6.45, 7) is 3.07. The Balaban J connectivity index is 1.56. The van der Waals surface area contributed by atoms with Crippen LogP contribution in [0.15, 0.2) is 77.7 Å². The van der Waals surface area contributed by atoms with Crippen molar-refractivity contribution in [3.8, 4) is 0 Å². The number of hydrogen-bond donors (Lipinski definition) is 2. The van der Waals surface area contributed by atoms with E-state index in [9.17, 15) is 9.59 Å². The van der Waals surface area contributed by atoms with Crippen molar-refractivity contribution in [3.05, 3.63) is 105 Å². The third kappa shape index (κ3) is 4.64. The van der Waals surface area contributed by atoms with Gasteiger partial charge in [0.05, 0.1) is 5.52 Å². The molecule has 0 fully saturated rings. The molecule has 2 aromatic heterocycles. The summed E-state index contributed by atoms with van der Waals surface area (Å²) in [6.07, 6.45) is 1.45. The topological polar surface area (TPSA) is 78.1 Å². The summed E-state index contributed by atoms with van der Waals surface area (Å²) >= 11 is 0. The van der Waals surface area contributed by atoms with Gasteiger partial charge in [0.1, 0.15) is 16.9 Å². The standard InChI is InChI=1S/C25H24N4O2/c1-17-8-10-19(11-9-17)16-29(2)22-13-12-21-23(28-22)24(30)20(15-26-21)25(31)27-14-18-6-4-3-5-7-18/h3-13,15H,14,16H2,1-2H3,(H,26,30)(H,27,31). The second-order valence-corrected chi connectivity index (χ2v) is 7.61. The summed E-state index contributed by atoms with van der Waals surface area (Å²) in [7, 11) is 1.93. The summed E-state index contributed by atoms with van der Waals surface area (Å²) in [5.41, 5.74) is 3.83. The molecule has 0 unspecified atom stereocenters. The second kappa shape index (κ2) is 8.83. The minimum Gasteiger partial charge on any atom is -0.359 e. The van der Waals surface area contributed by atoms with Crippen molar-refractivity contribution in [2.75, 3.05) is 11.9 Å². The van der Waals surface area contributed by atoms with Crippen molar-refractivity contribution in [2.45, 2.75) is 20.0 Å². The van der Waals surface area contributed by atoms with Crippen molar-refractivity contribution in [1.29, 1.82) is 0 Å². The molecule has 0 saturated carbocycles. The maximum Gasteiger partial charge on any atom is 0.257 e. The fourth-order valence-corrected chi connectivity index (χ4v) is 3.38. The van der Waals surface area contributed by atoms with Crippen molar-refractivity contribution < 1.29 is 4.79 Å². The van der Waals surface area contributed by atoms with Crippen LogP contribution in [-0.4, -0.2) is 22.9 Å². The third-order valence-electron chi connectivity index (χ3n) is 5.18. The molecule has 2 N–H and O–H groups in total. The first-order chi connectivity index (χ1) is 15.0. The molecular weight excluding hydrogens is 388 g/mol. The number of rotatable bonds is 6. The number of aromatic amines is 1. The van der Waals surface area contributed by atoms with E-state index in [0.717, 1.165) is 11.1 Å². The average Bonchev–Trinajstić information content (AvgIpc) is 2.80. The van der Waals surface area contributed by atoms with Crippen LogP contribution in [0.1, 0.15) is 27.0 Å². The normalized spacial score (nSPS) is 10.8. The number of nitrogens with zero attached hydrogens (tertiary/aromatic N) is 2. The molecule has 2 heterocycles. The number of amides is 1. The van der Waals surface area contributed by atoms with E-state index in [4.69, 9.17) is 0 Å². The van der Waals surface area contributed by atoms with E-state index < -0.39 is 5.91 Å². The highest BCUT2D eigenvalue weighted by Crippen LogP contribution is 2.16. The first-order valence-electron chi connectivity index (χ1n) is 10.1. The predicted molar refractivity (Wildman–Crippen MR) is 123 cm³/mol. The van der Waals surface area contributed by atoms with Gasteiger partial charge in [0.2, 0.25) is 5.43 Å². The van der Waals surface area contributed by atoms with Gasteiger partial charge in [-0.1, -0.05) is 60.2 Å². The number of carbonyl (C=O) groups excluding carboxylic acids is 1. The Labute approximate surface area is 180 Å². The molecule has 6 nitrogen and oxygen atoms in total. The first kappa shape index (κ1) is 20.3. The number of fused-ring (bicyclic) bond motifs is 1. The van der Waals surface area contributed by atoms with Gasteiger partial charge in [-0.05, 0) is 30.2 Å². The van der Waals surface area contributed by atoms with Gasteiger partial charge in [0.15, 0.2) is 0 Å². The predicted octanol–water partition coefficient (Wildman–Crippen LogP) is 3.80. The number of pyridine rings is 2. The molecular formula is C25H24N4O2. The SMILES string of the molecule is Cc1ccc(CN(C)c2ccc3[nH]cc(C(=O)NCc4ccccc4)c(=O)c3n2)cc1. The quantitative estimate of drug-likeness (QED) is 0.505. The summed E-state index contributed by atoms with van der Waals surface area (Å²) in [5.74, 6) is 0.243. The Morgan fingerprint density at radius 2 is 1.74 bits per heavy atom. The fraction of sp³-hybridized carbons (Fsp3) is 0.160. The Morgan fingerprint density at radius 1 is 1.00 bits per heavy atom. The van der Waals surface area contributed by atoms with E-state index in [-0.39, 0.29) is 16.5 Å². The average molecular weight is 412 g/mol. The van der Waals surface area contributed by atoms with Crippen LogP contribution in [0.2, 0.25) is 0 Å². The number of aromatic nitrogens is 2. The maximum atomic E-state index is 13.0. The van der Waals surface area contributed by atoms with Crippen LogP contribution in [0.25, 0.3) is 11.0 Å². The second-order valence-electron chi connectivity index (χ2n) is 7.61. The third-order valence-corrected chi connectivity index (χ3v) is 5.18. The minimum absolute atomic E-state index is 0.0502. The molecule has 6 heteroatoms. The van der Waals surface area contributed by atoms with E-state index >= 15 is 0 Å². The van der Waals surface area contributed by atoms with Gasteiger partial charge < -0.3 is 15.2 Å². The van der Waals surface area contributed by atoms with Gasteiger partial charge in [-0.25, -0.2) is 4.98 Å². The van der Waals surface area contributed by atoms with Gasteiger partial charge in [-0.3, -0.25) is 9.59 Å². The van der Waals surface area contributed by atoms with E-state index in [0.29, 0.717) is 24.4 Å². The molecule has 0 aliphatic heterocycles. The highest BCUT2D eigenvalue weighted by molar-refractivity contribution is 5.96. The Kier molecular flexibility index (Phi) is 5.80. The van der Waals surface area contributed by atoms with Crippen LogP contribution < -0.4 is 15.6 Å². The van der Waals surface area contributed by atoms with E-state index in [1.807, 2.05) is 54.4 Å². The largest absolute Gasteiger partial charge is 0.359 e. The summed E-state index contributed by atoms with van der Waals surface area (Å²) in [6, 6.07) is 21.5. The van der Waals surface area contributed by atoms with Gasteiger partial charge in [0.25, 0.3) is 5.91 Å². The van der Waals surface area contributed by atoms with Crippen LogP contribution in [-0.2, 0) is 13.1 Å². The minimum atomic E-state index is -0.424. The number of H-pyrrole nitrogens is 1. The number of anilines is 1. The van der Waals surface area contributed by atoms with Gasteiger partial charge >= 0.3 is 0 Å². The van der Waals surface area contributed by atoms with Gasteiger partial charge in [-0.15, -0.1) is 0 Å². The molecule has 4 aromatic rings. The van der Waals surface area contributed by atoms with Crippen molar-refractivity contribution in [1.82, 2.24) is 15.3 Å². The summed E-state index contributed by atoms with van der Waals surface area (Å²) in [5, 5.41) is 2.80. The van der Waals surface area contributed by atoms with Crippen LogP contribution in [0.5, 0.6) is 0 Å². The highest BCUT2D eigenvalue weighted by Gasteiger charge is 2.15. The molecule has 0 bridgehead atoms. The van der Waals surface area contributed by atoms with Gasteiger partial charge in [-0.2, -0.15) is 0 Å². The maximum absolute atomic E-state index is 13.0. The van der Waals surface area contributed by atoms with Crippen molar-refractivity contribution >= 4 is 22.8 Å². The fourth-order valence-electron chi connectivity index (χ4n) is 3.38. The van der Waals surface area contributed by atoms with Crippen LogP contribution >= 0.6 is 0 Å². The monoisotopic (exact) mass is 412 g/mol. The van der Waals surface area contributed by atoms with E-state index in [1.54, 1.807) is 0 Å². The van der Waals surface area contributed by atoms with Crippen LogP contribution in [0, 0.1) is 6.92 Å². The van der Waals surface area contributed by atoms with Gasteiger partial charge in [0, 0.05) is 26.3 Å². The lowest BCUT2D eigenvalue weighted by molar-refractivity contribution is 0.0949.